The van der Waals surface area contributed by atoms with Crippen molar-refractivity contribution < 1.29 is 9.47 Å². The summed E-state index contributed by atoms with van der Waals surface area (Å²) in [5, 5.41) is 0. The van der Waals surface area contributed by atoms with E-state index in [-0.39, 0.29) is 6.10 Å². The number of anilines is 1. The standard InChI is InChI=1S/C11H14N4O2/c12-9-7-15-4-3-13-10(15)11(14-9)17-8-1-5-16-6-2-8/h3-4,7-8H,1-2,5-6,12H2. The third kappa shape index (κ3) is 2.03. The Bertz CT molecular complexity index is 519. The Balaban J connectivity index is 1.90. The van der Waals surface area contributed by atoms with Gasteiger partial charge in [-0.15, -0.1) is 0 Å². The lowest BCUT2D eigenvalue weighted by atomic mass is 10.2. The average molecular weight is 234 g/mol. The van der Waals surface area contributed by atoms with Gasteiger partial charge in [0.05, 0.1) is 19.4 Å². The highest BCUT2D eigenvalue weighted by Gasteiger charge is 2.18. The fraction of sp³-hybridized carbons (Fsp3) is 0.455. The number of nitrogens with two attached hydrogens (primary N) is 1. The summed E-state index contributed by atoms with van der Waals surface area (Å²) in [5.41, 5.74) is 6.42. The molecule has 0 bridgehead atoms. The quantitative estimate of drug-likeness (QED) is 0.834. The van der Waals surface area contributed by atoms with Gasteiger partial charge in [-0.2, -0.15) is 4.98 Å². The molecule has 0 atom stereocenters. The van der Waals surface area contributed by atoms with Crippen molar-refractivity contribution in [3.63, 3.8) is 0 Å². The molecule has 1 saturated heterocycles. The van der Waals surface area contributed by atoms with Crippen LogP contribution in [-0.4, -0.2) is 33.7 Å². The van der Waals surface area contributed by atoms with Crippen LogP contribution >= 0.6 is 0 Å². The van der Waals surface area contributed by atoms with Crippen LogP contribution < -0.4 is 10.5 Å². The predicted octanol–water partition coefficient (Wildman–Crippen LogP) is 0.869. The smallest absolute Gasteiger partial charge is 0.260 e. The SMILES string of the molecule is Nc1cn2ccnc2c(OC2CCOCC2)n1. The van der Waals surface area contributed by atoms with Crippen LogP contribution in [0.5, 0.6) is 5.88 Å². The zero-order valence-corrected chi connectivity index (χ0v) is 9.37. The highest BCUT2D eigenvalue weighted by atomic mass is 16.5. The van der Waals surface area contributed by atoms with E-state index in [2.05, 4.69) is 9.97 Å². The molecule has 0 aromatic carbocycles. The van der Waals surface area contributed by atoms with E-state index in [1.54, 1.807) is 12.4 Å². The van der Waals surface area contributed by atoms with E-state index >= 15 is 0 Å². The average Bonchev–Trinajstić information content (AvgIpc) is 2.78. The normalized spacial score (nSPS) is 17.4. The molecule has 0 spiro atoms. The Kier molecular flexibility index (Phi) is 2.56. The van der Waals surface area contributed by atoms with Crippen molar-refractivity contribution in [2.45, 2.75) is 18.9 Å². The number of rotatable bonds is 2. The molecule has 0 aliphatic carbocycles. The van der Waals surface area contributed by atoms with Crippen molar-refractivity contribution in [3.05, 3.63) is 18.6 Å². The van der Waals surface area contributed by atoms with Crippen molar-refractivity contribution in [1.82, 2.24) is 14.4 Å². The predicted molar refractivity (Wildman–Crippen MR) is 61.9 cm³/mol. The molecule has 3 rings (SSSR count). The molecule has 0 radical (unpaired) electrons. The number of aromatic nitrogens is 3. The highest BCUT2D eigenvalue weighted by molar-refractivity contribution is 5.52. The first-order chi connectivity index (χ1) is 8.33. The maximum atomic E-state index is 5.85. The molecule has 1 aliphatic heterocycles. The zero-order valence-electron chi connectivity index (χ0n) is 9.37. The summed E-state index contributed by atoms with van der Waals surface area (Å²) in [7, 11) is 0. The molecule has 1 fully saturated rings. The van der Waals surface area contributed by atoms with Crippen LogP contribution in [0.15, 0.2) is 18.6 Å². The summed E-state index contributed by atoms with van der Waals surface area (Å²) in [5.74, 6) is 0.930. The second-order valence-electron chi connectivity index (χ2n) is 4.06. The number of ether oxygens (including phenoxy) is 2. The minimum absolute atomic E-state index is 0.138. The fourth-order valence-electron chi connectivity index (χ4n) is 1.95. The molecule has 2 aromatic rings. The van der Waals surface area contributed by atoms with Crippen LogP contribution in [0.25, 0.3) is 5.65 Å². The summed E-state index contributed by atoms with van der Waals surface area (Å²) in [4.78, 5) is 8.41. The Morgan fingerprint density at radius 1 is 1.41 bits per heavy atom. The number of nitrogens with zero attached hydrogens (tertiary/aromatic N) is 3. The van der Waals surface area contributed by atoms with Gasteiger partial charge in [-0.3, -0.25) is 4.40 Å². The van der Waals surface area contributed by atoms with Crippen LogP contribution in [0.4, 0.5) is 5.82 Å². The molecule has 0 amide bonds. The lowest BCUT2D eigenvalue weighted by molar-refractivity contribution is 0.0242. The van der Waals surface area contributed by atoms with E-state index < -0.39 is 0 Å². The molecule has 2 aromatic heterocycles. The number of hydrogen-bond donors (Lipinski definition) is 1. The maximum Gasteiger partial charge on any atom is 0.260 e. The van der Waals surface area contributed by atoms with Crippen molar-refractivity contribution in [2.24, 2.45) is 0 Å². The Morgan fingerprint density at radius 3 is 3.06 bits per heavy atom. The summed E-state index contributed by atoms with van der Waals surface area (Å²) in [6.45, 7) is 1.47. The van der Waals surface area contributed by atoms with Gasteiger partial charge >= 0.3 is 0 Å². The van der Waals surface area contributed by atoms with Crippen molar-refractivity contribution >= 4 is 11.5 Å². The lowest BCUT2D eigenvalue weighted by Gasteiger charge is -2.22. The monoisotopic (exact) mass is 234 g/mol. The molecule has 3 heterocycles. The summed E-state index contributed by atoms with van der Waals surface area (Å²) >= 11 is 0. The van der Waals surface area contributed by atoms with Crippen LogP contribution in [0, 0.1) is 0 Å². The number of imidazole rings is 1. The molecule has 6 heteroatoms. The van der Waals surface area contributed by atoms with Crippen LogP contribution in [0.3, 0.4) is 0 Å². The van der Waals surface area contributed by atoms with E-state index in [9.17, 15) is 0 Å². The van der Waals surface area contributed by atoms with Gasteiger partial charge < -0.3 is 15.2 Å². The zero-order chi connectivity index (χ0) is 11.7. The molecule has 17 heavy (non-hydrogen) atoms. The van der Waals surface area contributed by atoms with Crippen molar-refractivity contribution in [2.75, 3.05) is 18.9 Å². The molecule has 0 unspecified atom stereocenters. The van der Waals surface area contributed by atoms with E-state index in [1.165, 1.54) is 0 Å². The minimum Gasteiger partial charge on any atom is -0.471 e. The maximum absolute atomic E-state index is 5.85. The van der Waals surface area contributed by atoms with E-state index in [4.69, 9.17) is 15.2 Å². The summed E-state index contributed by atoms with van der Waals surface area (Å²) in [6, 6.07) is 0. The molecular weight excluding hydrogens is 220 g/mol. The van der Waals surface area contributed by atoms with Gasteiger partial charge in [-0.1, -0.05) is 0 Å². The van der Waals surface area contributed by atoms with Gasteiger partial charge in [0.1, 0.15) is 11.9 Å². The van der Waals surface area contributed by atoms with Crippen LogP contribution in [0.2, 0.25) is 0 Å². The molecule has 2 N–H and O–H groups in total. The molecular formula is C11H14N4O2. The molecule has 0 saturated carbocycles. The number of nitrogen functional groups attached to an aromatic ring is 1. The fourth-order valence-corrected chi connectivity index (χ4v) is 1.95. The highest BCUT2D eigenvalue weighted by Crippen LogP contribution is 2.21. The summed E-state index contributed by atoms with van der Waals surface area (Å²) in [6.07, 6.45) is 7.14. The Labute approximate surface area is 98.4 Å². The number of fused-ring (bicyclic) bond motifs is 1. The minimum atomic E-state index is 0.138. The molecule has 1 aliphatic rings. The van der Waals surface area contributed by atoms with E-state index in [0.717, 1.165) is 26.1 Å². The third-order valence-electron chi connectivity index (χ3n) is 2.81. The van der Waals surface area contributed by atoms with Gasteiger partial charge in [0.2, 0.25) is 5.65 Å². The Morgan fingerprint density at radius 2 is 2.24 bits per heavy atom. The van der Waals surface area contributed by atoms with Gasteiger partial charge in [0.25, 0.3) is 5.88 Å². The van der Waals surface area contributed by atoms with Gasteiger partial charge in [-0.05, 0) is 0 Å². The van der Waals surface area contributed by atoms with Crippen molar-refractivity contribution in [1.29, 1.82) is 0 Å². The largest absolute Gasteiger partial charge is 0.471 e. The Hall–Kier alpha value is -1.82. The van der Waals surface area contributed by atoms with Gasteiger partial charge in [-0.25, -0.2) is 4.98 Å². The first-order valence-electron chi connectivity index (χ1n) is 5.66. The van der Waals surface area contributed by atoms with Crippen molar-refractivity contribution in [3.8, 4) is 5.88 Å². The topological polar surface area (TPSA) is 74.7 Å². The first-order valence-corrected chi connectivity index (χ1v) is 5.66. The third-order valence-corrected chi connectivity index (χ3v) is 2.81. The van der Waals surface area contributed by atoms with Crippen LogP contribution in [-0.2, 0) is 4.74 Å². The van der Waals surface area contributed by atoms with Gasteiger partial charge in [0, 0.05) is 25.2 Å². The number of hydrogen-bond acceptors (Lipinski definition) is 5. The summed E-state index contributed by atoms with van der Waals surface area (Å²) < 4.78 is 13.0. The molecule has 90 valence electrons. The second kappa shape index (κ2) is 4.21. The van der Waals surface area contributed by atoms with Gasteiger partial charge in [0.15, 0.2) is 0 Å². The van der Waals surface area contributed by atoms with Crippen LogP contribution in [0.1, 0.15) is 12.8 Å². The second-order valence-corrected chi connectivity index (χ2v) is 4.06. The molecule has 6 nitrogen and oxygen atoms in total. The first kappa shape index (κ1) is 10.3. The van der Waals surface area contributed by atoms with E-state index in [1.807, 2.05) is 10.6 Å². The lowest BCUT2D eigenvalue weighted by Crippen LogP contribution is -2.26. The van der Waals surface area contributed by atoms with E-state index in [0.29, 0.717) is 17.3 Å².